The number of anilines is 1. The molecule has 0 radical (unpaired) electrons. The minimum atomic E-state index is -0.554. The van der Waals surface area contributed by atoms with Crippen molar-refractivity contribution in [1.29, 1.82) is 0 Å². The first kappa shape index (κ1) is 18.2. The molecule has 2 atom stereocenters. The Hall–Kier alpha value is -1.83. The number of hydrogen-bond acceptors (Lipinski definition) is 5. The van der Waals surface area contributed by atoms with Crippen molar-refractivity contribution >= 4 is 29.9 Å². The van der Waals surface area contributed by atoms with Gasteiger partial charge in [0.25, 0.3) is 5.91 Å². The Morgan fingerprint density at radius 3 is 2.95 bits per heavy atom. The molecule has 1 fully saturated rings. The third-order valence-corrected chi connectivity index (χ3v) is 3.08. The zero-order chi connectivity index (χ0) is 15.2. The Bertz CT molecular complexity index is 527. The van der Waals surface area contributed by atoms with Gasteiger partial charge in [-0.25, -0.2) is 0 Å². The van der Waals surface area contributed by atoms with E-state index >= 15 is 0 Å². The molecular formula is C14H20ClN3O4. The molecule has 1 heterocycles. The van der Waals surface area contributed by atoms with Gasteiger partial charge in [0.05, 0.1) is 12.7 Å². The van der Waals surface area contributed by atoms with Gasteiger partial charge in [0, 0.05) is 18.3 Å². The van der Waals surface area contributed by atoms with Crippen molar-refractivity contribution in [3.05, 3.63) is 24.3 Å². The van der Waals surface area contributed by atoms with Crippen LogP contribution in [0.2, 0.25) is 0 Å². The lowest BCUT2D eigenvalue weighted by Gasteiger charge is -2.29. The van der Waals surface area contributed by atoms with Crippen LogP contribution in [0, 0.1) is 0 Å². The molecule has 0 spiro atoms. The van der Waals surface area contributed by atoms with E-state index in [1.54, 1.807) is 24.3 Å². The second kappa shape index (κ2) is 8.57. The van der Waals surface area contributed by atoms with E-state index in [1.807, 2.05) is 6.92 Å². The van der Waals surface area contributed by atoms with E-state index in [2.05, 4.69) is 10.6 Å². The average Bonchev–Trinajstić information content (AvgIpc) is 2.46. The molecule has 0 aliphatic carbocycles. The van der Waals surface area contributed by atoms with Gasteiger partial charge in [-0.3, -0.25) is 9.59 Å². The van der Waals surface area contributed by atoms with Crippen molar-refractivity contribution in [1.82, 2.24) is 5.32 Å². The SMILES string of the molecule is C[C@H]1OCCN[C@@H]1C(=O)Nc1cccc(OCC(N)=O)c1.Cl. The van der Waals surface area contributed by atoms with Crippen LogP contribution in [-0.4, -0.2) is 43.7 Å². The normalized spacial score (nSPS) is 20.6. The lowest BCUT2D eigenvalue weighted by Crippen LogP contribution is -2.53. The van der Waals surface area contributed by atoms with E-state index in [9.17, 15) is 9.59 Å². The smallest absolute Gasteiger partial charge is 0.255 e. The van der Waals surface area contributed by atoms with Crippen LogP contribution in [0.5, 0.6) is 5.75 Å². The van der Waals surface area contributed by atoms with Gasteiger partial charge < -0.3 is 25.8 Å². The van der Waals surface area contributed by atoms with Crippen LogP contribution in [0.1, 0.15) is 6.92 Å². The van der Waals surface area contributed by atoms with Crippen molar-refractivity contribution in [2.45, 2.75) is 19.1 Å². The van der Waals surface area contributed by atoms with Gasteiger partial charge in [0.1, 0.15) is 11.8 Å². The number of halogens is 1. The molecule has 2 amide bonds. The predicted molar refractivity (Wildman–Crippen MR) is 84.2 cm³/mol. The van der Waals surface area contributed by atoms with E-state index in [0.29, 0.717) is 24.6 Å². The highest BCUT2D eigenvalue weighted by molar-refractivity contribution is 5.95. The van der Waals surface area contributed by atoms with Crippen LogP contribution in [0.15, 0.2) is 24.3 Å². The first-order valence-corrected chi connectivity index (χ1v) is 6.73. The van der Waals surface area contributed by atoms with Gasteiger partial charge >= 0.3 is 0 Å². The summed E-state index contributed by atoms with van der Waals surface area (Å²) < 4.78 is 10.6. The summed E-state index contributed by atoms with van der Waals surface area (Å²) >= 11 is 0. The number of hydrogen-bond donors (Lipinski definition) is 3. The molecule has 0 unspecified atom stereocenters. The number of ether oxygens (including phenoxy) is 2. The minimum Gasteiger partial charge on any atom is -0.484 e. The average molecular weight is 330 g/mol. The Kier molecular flexibility index (Phi) is 7.10. The highest BCUT2D eigenvalue weighted by Crippen LogP contribution is 2.18. The van der Waals surface area contributed by atoms with Crippen LogP contribution < -0.4 is 21.1 Å². The number of morpholine rings is 1. The first-order chi connectivity index (χ1) is 10.1. The molecule has 1 aromatic carbocycles. The third-order valence-electron chi connectivity index (χ3n) is 3.08. The van der Waals surface area contributed by atoms with Gasteiger partial charge in [-0.1, -0.05) is 6.07 Å². The molecule has 0 bridgehead atoms. The largest absolute Gasteiger partial charge is 0.484 e. The highest BCUT2D eigenvalue weighted by atomic mass is 35.5. The quantitative estimate of drug-likeness (QED) is 0.720. The summed E-state index contributed by atoms with van der Waals surface area (Å²) in [6.45, 7) is 2.89. The van der Waals surface area contributed by atoms with Crippen molar-refractivity contribution in [2.24, 2.45) is 5.73 Å². The molecule has 22 heavy (non-hydrogen) atoms. The lowest BCUT2D eigenvalue weighted by atomic mass is 10.1. The topological polar surface area (TPSA) is 103 Å². The molecular weight excluding hydrogens is 310 g/mol. The Balaban J connectivity index is 0.00000242. The summed E-state index contributed by atoms with van der Waals surface area (Å²) in [5.41, 5.74) is 5.60. The summed E-state index contributed by atoms with van der Waals surface area (Å²) in [6, 6.07) is 6.39. The maximum Gasteiger partial charge on any atom is 0.255 e. The number of rotatable bonds is 5. The molecule has 1 saturated heterocycles. The van der Waals surface area contributed by atoms with E-state index < -0.39 is 11.9 Å². The van der Waals surface area contributed by atoms with E-state index in [4.69, 9.17) is 15.2 Å². The summed E-state index contributed by atoms with van der Waals surface area (Å²) in [4.78, 5) is 22.9. The number of carbonyl (C=O) groups excluding carboxylic acids is 2. The predicted octanol–water partition coefficient (Wildman–Crippen LogP) is 0.288. The van der Waals surface area contributed by atoms with Gasteiger partial charge in [0.15, 0.2) is 6.61 Å². The molecule has 8 heteroatoms. The van der Waals surface area contributed by atoms with Crippen LogP contribution in [-0.2, 0) is 14.3 Å². The van der Waals surface area contributed by atoms with Crippen LogP contribution >= 0.6 is 12.4 Å². The first-order valence-electron chi connectivity index (χ1n) is 6.73. The Morgan fingerprint density at radius 1 is 1.50 bits per heavy atom. The number of carbonyl (C=O) groups is 2. The number of nitrogens with one attached hydrogen (secondary N) is 2. The van der Waals surface area contributed by atoms with Gasteiger partial charge in [0.2, 0.25) is 5.91 Å². The Morgan fingerprint density at radius 2 is 2.27 bits per heavy atom. The van der Waals surface area contributed by atoms with Gasteiger partial charge in [-0.15, -0.1) is 12.4 Å². The van der Waals surface area contributed by atoms with Crippen molar-refractivity contribution in [3.63, 3.8) is 0 Å². The fourth-order valence-electron chi connectivity index (χ4n) is 2.07. The summed E-state index contributed by atoms with van der Waals surface area (Å²) in [6.07, 6.45) is -0.187. The van der Waals surface area contributed by atoms with Crippen molar-refractivity contribution < 1.29 is 19.1 Å². The third kappa shape index (κ3) is 5.18. The second-order valence-electron chi connectivity index (χ2n) is 4.78. The van der Waals surface area contributed by atoms with E-state index in [0.717, 1.165) is 0 Å². The number of primary amides is 1. The van der Waals surface area contributed by atoms with Crippen molar-refractivity contribution in [2.75, 3.05) is 25.1 Å². The summed E-state index contributed by atoms with van der Waals surface area (Å²) in [7, 11) is 0. The lowest BCUT2D eigenvalue weighted by molar-refractivity contribution is -0.123. The van der Waals surface area contributed by atoms with Crippen molar-refractivity contribution in [3.8, 4) is 5.75 Å². The molecule has 122 valence electrons. The molecule has 1 aromatic rings. The monoisotopic (exact) mass is 329 g/mol. The molecule has 2 rings (SSSR count). The molecule has 0 saturated carbocycles. The number of benzene rings is 1. The standard InChI is InChI=1S/C14H19N3O4.ClH/c1-9-13(16-5-6-20-9)14(19)17-10-3-2-4-11(7-10)21-8-12(15)18;/h2-4,7,9,13,16H,5-6,8H2,1H3,(H2,15,18)(H,17,19);1H/t9-,13+;/m1./s1. The fraction of sp³-hybridized carbons (Fsp3) is 0.429. The highest BCUT2D eigenvalue weighted by Gasteiger charge is 2.28. The molecule has 1 aliphatic rings. The van der Waals surface area contributed by atoms with Gasteiger partial charge in [-0.05, 0) is 19.1 Å². The second-order valence-corrected chi connectivity index (χ2v) is 4.78. The van der Waals surface area contributed by atoms with Crippen LogP contribution in [0.25, 0.3) is 0 Å². The van der Waals surface area contributed by atoms with E-state index in [-0.39, 0.29) is 31.0 Å². The van der Waals surface area contributed by atoms with Crippen LogP contribution in [0.4, 0.5) is 5.69 Å². The van der Waals surface area contributed by atoms with Crippen LogP contribution in [0.3, 0.4) is 0 Å². The van der Waals surface area contributed by atoms with Gasteiger partial charge in [-0.2, -0.15) is 0 Å². The molecule has 0 aromatic heterocycles. The zero-order valence-corrected chi connectivity index (χ0v) is 13.0. The maximum absolute atomic E-state index is 12.2. The van der Waals surface area contributed by atoms with E-state index in [1.165, 1.54) is 0 Å². The number of amides is 2. The fourth-order valence-corrected chi connectivity index (χ4v) is 2.07. The minimum absolute atomic E-state index is 0. The Labute approximate surface area is 134 Å². The molecule has 1 aliphatic heterocycles. The molecule has 7 nitrogen and oxygen atoms in total. The number of nitrogens with two attached hydrogens (primary N) is 1. The molecule has 4 N–H and O–H groups in total. The zero-order valence-electron chi connectivity index (χ0n) is 12.2. The maximum atomic E-state index is 12.2. The summed E-state index contributed by atoms with van der Waals surface area (Å²) in [5, 5.41) is 5.91. The summed E-state index contributed by atoms with van der Waals surface area (Å²) in [5.74, 6) is -0.261.